The number of ether oxygens (including phenoxy) is 1. The molecule has 0 aromatic carbocycles. The summed E-state index contributed by atoms with van der Waals surface area (Å²) in [6.45, 7) is 5.67. The van der Waals surface area contributed by atoms with Crippen LogP contribution in [0.1, 0.15) is 51.9 Å². The van der Waals surface area contributed by atoms with E-state index in [1.54, 1.807) is 6.20 Å². The summed E-state index contributed by atoms with van der Waals surface area (Å²) in [6.07, 6.45) is 6.36. The van der Waals surface area contributed by atoms with Crippen LogP contribution in [-0.2, 0) is 4.74 Å². The Labute approximate surface area is 154 Å². The van der Waals surface area contributed by atoms with Crippen LogP contribution in [0.25, 0.3) is 5.52 Å². The van der Waals surface area contributed by atoms with Gasteiger partial charge in [0.25, 0.3) is 0 Å². The van der Waals surface area contributed by atoms with Crippen LogP contribution in [0.4, 0.5) is 10.6 Å². The van der Waals surface area contributed by atoms with Gasteiger partial charge in [-0.1, -0.05) is 0 Å². The van der Waals surface area contributed by atoms with Crippen LogP contribution in [0.15, 0.2) is 17.0 Å². The number of nitrogens with two attached hydrogens (primary N) is 1. The highest BCUT2D eigenvalue weighted by atomic mass is 79.9. The van der Waals surface area contributed by atoms with Crippen molar-refractivity contribution in [2.75, 3.05) is 5.73 Å². The van der Waals surface area contributed by atoms with Gasteiger partial charge in [-0.15, -0.1) is 0 Å². The Hall–Kier alpha value is -1.83. The van der Waals surface area contributed by atoms with E-state index in [1.807, 2.05) is 36.3 Å². The lowest BCUT2D eigenvalue weighted by Crippen LogP contribution is -2.43. The molecule has 3 atom stereocenters. The maximum Gasteiger partial charge on any atom is 0.411 e. The Morgan fingerprint density at radius 2 is 2.16 bits per heavy atom. The molecule has 25 heavy (non-hydrogen) atoms. The number of hydrogen-bond donors (Lipinski definition) is 1. The molecule has 2 bridgehead atoms. The minimum atomic E-state index is -0.521. The number of nitrogens with zero attached hydrogens (tertiary/aromatic N) is 4. The third-order valence-electron chi connectivity index (χ3n) is 5.02. The second-order valence-corrected chi connectivity index (χ2v) is 8.60. The van der Waals surface area contributed by atoms with Gasteiger partial charge in [0, 0.05) is 18.4 Å². The van der Waals surface area contributed by atoms with Crippen molar-refractivity contribution in [2.45, 2.75) is 57.7 Å². The fourth-order valence-corrected chi connectivity index (χ4v) is 4.73. The van der Waals surface area contributed by atoms with E-state index >= 15 is 0 Å². The molecule has 2 fully saturated rings. The van der Waals surface area contributed by atoms with Crippen LogP contribution in [0.2, 0.25) is 0 Å². The number of nitrogen functional groups attached to an aromatic ring is 1. The summed E-state index contributed by atoms with van der Waals surface area (Å²) in [6, 6.07) is 0.115. The Morgan fingerprint density at radius 1 is 1.40 bits per heavy atom. The Morgan fingerprint density at radius 3 is 2.88 bits per heavy atom. The van der Waals surface area contributed by atoms with Crippen LogP contribution in [-0.4, -0.2) is 37.0 Å². The van der Waals surface area contributed by atoms with Crippen LogP contribution < -0.4 is 5.73 Å². The molecule has 0 radical (unpaired) electrons. The normalized spacial score (nSPS) is 25.8. The Kier molecular flexibility index (Phi) is 3.72. The molecule has 0 spiro atoms. The molecule has 1 saturated carbocycles. The number of imidazole rings is 1. The zero-order valence-electron chi connectivity index (χ0n) is 14.6. The molecule has 4 rings (SSSR count). The van der Waals surface area contributed by atoms with Gasteiger partial charge >= 0.3 is 6.09 Å². The van der Waals surface area contributed by atoms with Crippen LogP contribution in [0.3, 0.4) is 0 Å². The van der Waals surface area contributed by atoms with E-state index in [1.165, 1.54) is 0 Å². The number of anilines is 1. The maximum atomic E-state index is 12.9. The zero-order chi connectivity index (χ0) is 17.9. The quantitative estimate of drug-likeness (QED) is 0.780. The Balaban J connectivity index is 1.78. The fraction of sp³-hybridized carbons (Fsp3) is 0.588. The average molecular weight is 408 g/mol. The van der Waals surface area contributed by atoms with Crippen molar-refractivity contribution in [2.24, 2.45) is 5.92 Å². The van der Waals surface area contributed by atoms with Crippen LogP contribution in [0, 0.1) is 5.92 Å². The molecule has 1 saturated heterocycles. The number of halogens is 1. The predicted octanol–water partition coefficient (Wildman–Crippen LogP) is 3.53. The van der Waals surface area contributed by atoms with Gasteiger partial charge in [0.15, 0.2) is 5.82 Å². The van der Waals surface area contributed by atoms with Gasteiger partial charge in [-0.05, 0) is 61.9 Å². The van der Waals surface area contributed by atoms with Gasteiger partial charge in [-0.25, -0.2) is 14.8 Å². The van der Waals surface area contributed by atoms with Crippen LogP contribution in [0.5, 0.6) is 0 Å². The predicted molar refractivity (Wildman–Crippen MR) is 97.0 cm³/mol. The van der Waals surface area contributed by atoms with Crippen LogP contribution >= 0.6 is 15.9 Å². The smallest absolute Gasteiger partial charge is 0.411 e. The first-order valence-electron chi connectivity index (χ1n) is 8.55. The fourth-order valence-electron chi connectivity index (χ4n) is 4.15. The number of carbonyl (C=O) groups excluding carboxylic acids is 1. The summed E-state index contributed by atoms with van der Waals surface area (Å²) in [5.74, 6) is 1.62. The monoisotopic (exact) mass is 407 g/mol. The number of fused-ring (bicyclic) bond motifs is 3. The lowest BCUT2D eigenvalue weighted by molar-refractivity contribution is 0.00604. The van der Waals surface area contributed by atoms with E-state index in [4.69, 9.17) is 15.5 Å². The second-order valence-electron chi connectivity index (χ2n) is 7.85. The number of amides is 1. The molecule has 1 aliphatic heterocycles. The number of hydrogen-bond acceptors (Lipinski definition) is 5. The average Bonchev–Trinajstić information content (AvgIpc) is 3.18. The summed E-state index contributed by atoms with van der Waals surface area (Å²) in [4.78, 5) is 23.6. The van der Waals surface area contributed by atoms with Gasteiger partial charge in [-0.3, -0.25) is 9.30 Å². The zero-order valence-corrected chi connectivity index (χ0v) is 16.2. The van der Waals surface area contributed by atoms with E-state index < -0.39 is 5.60 Å². The molecule has 2 aromatic heterocycles. The van der Waals surface area contributed by atoms with Gasteiger partial charge in [0.05, 0.1) is 6.04 Å². The Bertz CT molecular complexity index is 843. The van der Waals surface area contributed by atoms with E-state index in [0.29, 0.717) is 16.3 Å². The lowest BCUT2D eigenvalue weighted by Gasteiger charge is -2.35. The number of piperidine rings is 1. The van der Waals surface area contributed by atoms with E-state index in [0.717, 1.165) is 30.6 Å². The summed E-state index contributed by atoms with van der Waals surface area (Å²) in [5, 5.41) is 0. The maximum absolute atomic E-state index is 12.9. The van der Waals surface area contributed by atoms with E-state index in [9.17, 15) is 4.79 Å². The van der Waals surface area contributed by atoms with E-state index in [2.05, 4.69) is 20.9 Å². The molecule has 1 aliphatic carbocycles. The molecular weight excluding hydrogens is 386 g/mol. The highest BCUT2D eigenvalue weighted by molar-refractivity contribution is 9.10. The molecule has 8 heteroatoms. The summed E-state index contributed by atoms with van der Waals surface area (Å²) < 4.78 is 8.26. The van der Waals surface area contributed by atoms with Crippen molar-refractivity contribution >= 4 is 33.4 Å². The highest BCUT2D eigenvalue weighted by Gasteiger charge is 2.51. The van der Waals surface area contributed by atoms with Crippen molar-refractivity contribution in [3.63, 3.8) is 0 Å². The van der Waals surface area contributed by atoms with Crippen molar-refractivity contribution in [1.82, 2.24) is 19.3 Å². The molecule has 134 valence electrons. The summed E-state index contributed by atoms with van der Waals surface area (Å²) >= 11 is 3.49. The molecule has 2 aromatic rings. The van der Waals surface area contributed by atoms with E-state index in [-0.39, 0.29) is 18.2 Å². The van der Waals surface area contributed by atoms with Crippen molar-refractivity contribution in [3.05, 3.63) is 22.8 Å². The summed E-state index contributed by atoms with van der Waals surface area (Å²) in [5.41, 5.74) is 6.23. The highest BCUT2D eigenvalue weighted by Crippen LogP contribution is 2.50. The molecule has 2 aliphatic rings. The molecular formula is C17H22BrN5O2. The lowest BCUT2D eigenvalue weighted by atomic mass is 9.98. The topological polar surface area (TPSA) is 85.8 Å². The molecule has 1 amide bonds. The third-order valence-corrected chi connectivity index (χ3v) is 5.57. The largest absolute Gasteiger partial charge is 0.444 e. The van der Waals surface area contributed by atoms with Crippen molar-refractivity contribution in [1.29, 1.82) is 0 Å². The minimum Gasteiger partial charge on any atom is -0.444 e. The van der Waals surface area contributed by atoms with Gasteiger partial charge in [0.1, 0.15) is 21.5 Å². The third kappa shape index (κ3) is 2.67. The first-order chi connectivity index (χ1) is 11.8. The van der Waals surface area contributed by atoms with Gasteiger partial charge in [0.2, 0.25) is 0 Å². The first-order valence-corrected chi connectivity index (χ1v) is 9.35. The molecule has 0 unspecified atom stereocenters. The number of carbonyl (C=O) groups is 1. The molecule has 7 nitrogen and oxygen atoms in total. The first kappa shape index (κ1) is 16.6. The second kappa shape index (κ2) is 5.59. The SMILES string of the molecule is CC(C)(C)OC(=O)N1[C@@H]2CC[C@@H](C2)[C@H]1c1nc(Br)c2c(N)nccn12. The standard InChI is InChI=1S/C17H22BrN5O2/c1-17(2,3)25-16(24)23-10-5-4-9(8-10)11(23)15-21-13(18)12-14(19)20-6-7-22(12)15/h6-7,9-11H,4-5,8H2,1-3H3,(H2,19,20)/t9-,10+,11-/m0/s1. The molecule has 3 heterocycles. The number of rotatable bonds is 1. The summed E-state index contributed by atoms with van der Waals surface area (Å²) in [7, 11) is 0. The van der Waals surface area contributed by atoms with Crippen molar-refractivity contribution in [3.8, 4) is 0 Å². The van der Waals surface area contributed by atoms with Gasteiger partial charge < -0.3 is 10.5 Å². The van der Waals surface area contributed by atoms with Gasteiger partial charge in [-0.2, -0.15) is 0 Å². The number of likely N-dealkylation sites (tertiary alicyclic amines) is 1. The number of aromatic nitrogens is 3. The van der Waals surface area contributed by atoms with Crippen molar-refractivity contribution < 1.29 is 9.53 Å². The minimum absolute atomic E-state index is 0.103. The molecule has 2 N–H and O–H groups in total.